The van der Waals surface area contributed by atoms with Crippen molar-refractivity contribution in [1.29, 1.82) is 0 Å². The molecule has 1 radical (unpaired) electrons. The number of carbonyl (C=O) groups excluding carboxylic acids is 3. The van der Waals surface area contributed by atoms with Gasteiger partial charge in [-0.25, -0.2) is 6.29 Å². The first-order valence-corrected chi connectivity index (χ1v) is 4.74. The predicted molar refractivity (Wildman–Crippen MR) is 48.6 cm³/mol. The van der Waals surface area contributed by atoms with Crippen molar-refractivity contribution in [3.63, 3.8) is 0 Å². The van der Waals surface area contributed by atoms with E-state index in [-0.39, 0.29) is 59.6 Å². The second kappa shape index (κ2) is 7.31. The second-order valence-electron chi connectivity index (χ2n) is 2.98. The zero-order valence-corrected chi connectivity index (χ0v) is 14.9. The molecule has 1 fully saturated rings. The number of thioether (sulfide) groups is 1. The summed E-state index contributed by atoms with van der Waals surface area (Å²) in [6.45, 7) is 2.95. The van der Waals surface area contributed by atoms with Gasteiger partial charge >= 0.3 is 0 Å². The van der Waals surface area contributed by atoms with Crippen molar-refractivity contribution in [2.75, 3.05) is 5.75 Å². The maximum Gasteiger partial charge on any atom is 0.150 e. The monoisotopic (exact) mass is 472 g/mol. The normalized spacial score (nSPS) is 28.7. The number of hydrogen-bond acceptors (Lipinski definition) is 4. The average Bonchev–Trinajstić information content (AvgIpc) is 2.43. The summed E-state index contributed by atoms with van der Waals surface area (Å²) in [5.41, 5.74) is 0. The van der Waals surface area contributed by atoms with E-state index < -0.39 is 10.9 Å². The fourth-order valence-corrected chi connectivity index (χ4v) is 2.44. The number of ketones is 1. The third kappa shape index (κ3) is 3.72. The van der Waals surface area contributed by atoms with Crippen molar-refractivity contribution >= 4 is 30.2 Å². The van der Waals surface area contributed by atoms with E-state index in [2.05, 4.69) is 0 Å². The Balaban J connectivity index is 0. The minimum Gasteiger partial charge on any atom is -0.539 e. The fourth-order valence-electron chi connectivity index (χ4n) is 1.21. The fraction of sp³-hybridized carbons (Fsp3) is 0.625. The van der Waals surface area contributed by atoms with Crippen LogP contribution in [0.5, 0.6) is 0 Å². The van der Waals surface area contributed by atoms with E-state index >= 15 is 0 Å². The van der Waals surface area contributed by atoms with Crippen LogP contribution in [0, 0.1) is 0 Å². The van der Waals surface area contributed by atoms with Crippen molar-refractivity contribution in [3.05, 3.63) is 0 Å². The second-order valence-corrected chi connectivity index (χ2v) is 4.40. The molecule has 4 nitrogen and oxygen atoms in total. The molecule has 1 rings (SSSR count). The van der Waals surface area contributed by atoms with Gasteiger partial charge in [0.15, 0.2) is 0 Å². The van der Waals surface area contributed by atoms with E-state index in [1.807, 2.05) is 0 Å². The first-order valence-electron chi connectivity index (χ1n) is 3.76. The maximum absolute atomic E-state index is 11.1. The first-order chi connectivity index (χ1) is 6.05. The minimum absolute atomic E-state index is 0. The van der Waals surface area contributed by atoms with Crippen LogP contribution >= 0.6 is 11.8 Å². The smallest absolute Gasteiger partial charge is 0.150 e. The van der Waals surface area contributed by atoms with E-state index in [1.54, 1.807) is 19.6 Å². The van der Waals surface area contributed by atoms with Gasteiger partial charge in [0.05, 0.1) is 6.04 Å². The Labute approximate surface area is 132 Å². The molecule has 2 atom stereocenters. The van der Waals surface area contributed by atoms with Gasteiger partial charge in [-0.15, -0.1) is 0 Å². The number of hydrogen-bond donors (Lipinski definition) is 0. The van der Waals surface area contributed by atoms with Gasteiger partial charge in [-0.05, 0) is 11.8 Å². The quantitative estimate of drug-likeness (QED) is 0.539. The largest absolute Gasteiger partial charge is 0.539 e. The van der Waals surface area contributed by atoms with Crippen LogP contribution in [0.1, 0.15) is 13.8 Å². The molecule has 1 aliphatic rings. The molecule has 1 amide bonds. The zero-order chi connectivity index (χ0) is 10.1. The Morgan fingerprint density at radius 1 is 1.53 bits per heavy atom. The van der Waals surface area contributed by atoms with Crippen LogP contribution < -0.4 is 0 Å². The van der Waals surface area contributed by atoms with Gasteiger partial charge in [0, 0.05) is 59.5 Å². The molecule has 0 aromatic rings. The van der Waals surface area contributed by atoms with Crippen molar-refractivity contribution < 1.29 is 68.2 Å². The maximum atomic E-state index is 11.1. The summed E-state index contributed by atoms with van der Waals surface area (Å²) in [7, 11) is 0. The number of nitrogens with zero attached hydrogens (tertiary/aromatic N) is 1. The molecule has 0 aromatic heterocycles. The van der Waals surface area contributed by atoms with Gasteiger partial charge in [0.2, 0.25) is 0 Å². The van der Waals surface area contributed by atoms with Gasteiger partial charge in [0.1, 0.15) is 5.78 Å². The van der Waals surface area contributed by atoms with E-state index in [9.17, 15) is 14.4 Å². The molecule has 0 aliphatic carbocycles. The Morgan fingerprint density at radius 3 is 2.40 bits per heavy atom. The summed E-state index contributed by atoms with van der Waals surface area (Å²) in [5, 5.41) is 0. The molecule has 0 spiro atoms. The summed E-state index contributed by atoms with van der Waals surface area (Å²) in [4.78, 5) is 32.3. The Morgan fingerprint density at radius 2 is 2.07 bits per heavy atom. The van der Waals surface area contributed by atoms with Crippen LogP contribution in [0.15, 0.2) is 0 Å². The van der Waals surface area contributed by atoms with E-state index in [0.29, 0.717) is 5.75 Å². The van der Waals surface area contributed by atoms with Crippen molar-refractivity contribution in [1.82, 2.24) is 4.90 Å². The summed E-state index contributed by atoms with van der Waals surface area (Å²) in [5.74, 6) is 0.311. The molecule has 81 valence electrons. The molecular weight excluding hydrogens is 463 g/mol. The molecule has 7 heteroatoms. The van der Waals surface area contributed by atoms with Gasteiger partial charge in [-0.2, -0.15) is 18.2 Å². The minimum atomic E-state index is -1.04. The molecule has 0 saturated carbocycles. The van der Waals surface area contributed by atoms with Gasteiger partial charge < -0.3 is 14.5 Å². The summed E-state index contributed by atoms with van der Waals surface area (Å²) < 4.78 is 0. The molecule has 0 bridgehead atoms. The average molecular weight is 472 g/mol. The summed E-state index contributed by atoms with van der Waals surface area (Å²) >= 11 is 1.23. The number of Topliss-reactive ketones (excluding diaryl/α,β-unsaturated/α-hetero) is 1. The zero-order valence-electron chi connectivity index (χ0n) is 8.35. The van der Waals surface area contributed by atoms with E-state index in [1.165, 1.54) is 18.7 Å². The van der Waals surface area contributed by atoms with Crippen molar-refractivity contribution in [2.45, 2.75) is 24.8 Å². The Kier molecular flexibility index (Phi) is 8.93. The summed E-state index contributed by atoms with van der Waals surface area (Å²) in [6, 6.07) is -0.533. The van der Waals surface area contributed by atoms with Crippen LogP contribution in [-0.2, 0) is 68.2 Å². The third-order valence-corrected chi connectivity index (χ3v) is 3.38. The molecule has 2 unspecified atom stereocenters. The van der Waals surface area contributed by atoms with Crippen LogP contribution in [0.4, 0.5) is 0 Å². The predicted octanol–water partition coefficient (Wildman–Crippen LogP) is -0.119. The summed E-state index contributed by atoms with van der Waals surface area (Å²) in [6.07, 6.45) is 3.37. The molecule has 0 N–H and O–H groups in total. The van der Waals surface area contributed by atoms with Crippen LogP contribution in [-0.4, -0.2) is 40.0 Å². The van der Waals surface area contributed by atoms with Gasteiger partial charge in [-0.3, -0.25) is 4.79 Å². The molecule has 1 aliphatic heterocycles. The molecule has 1 heterocycles. The first kappa shape index (κ1) is 18.3. The van der Waals surface area contributed by atoms with Crippen LogP contribution in [0.3, 0.4) is 0 Å². The molecule has 1 saturated heterocycles. The Hall–Kier alpha value is 0.952. The number of rotatable bonds is 3. The van der Waals surface area contributed by atoms with E-state index in [0.717, 1.165) is 4.90 Å². The molecule has 0 aromatic carbocycles. The SMILES string of the molecule is CC(=O)C1CSC(C)([C-]=O)N1[C-]=O.[W].[Y]. The number of amides is 1. The van der Waals surface area contributed by atoms with Crippen molar-refractivity contribution in [2.24, 2.45) is 0 Å². The van der Waals surface area contributed by atoms with Gasteiger partial charge in [-0.1, -0.05) is 6.92 Å². The van der Waals surface area contributed by atoms with Gasteiger partial charge in [0.25, 0.3) is 0 Å². The standard InChI is InChI=1S/C8H9NO3S.W.Y/c1-6(12)7-3-13-8(2,4-10)9(7)5-11;;/h7H,3H2,1-2H3;;/q-2;;. The molecular formula is C8H9NO3SWY-2. The molecule has 15 heavy (non-hydrogen) atoms. The van der Waals surface area contributed by atoms with E-state index in [4.69, 9.17) is 0 Å². The van der Waals surface area contributed by atoms with Crippen LogP contribution in [0.2, 0.25) is 0 Å². The van der Waals surface area contributed by atoms with Crippen LogP contribution in [0.25, 0.3) is 0 Å². The third-order valence-electron chi connectivity index (χ3n) is 2.05. The number of carbonyl (C=O) groups is 1. The Bertz CT molecular complexity index is 266. The topological polar surface area (TPSA) is 54.5 Å². The van der Waals surface area contributed by atoms with Crippen molar-refractivity contribution in [3.8, 4) is 0 Å².